The Kier molecular flexibility index (Phi) is 3.87. The molecular weight excluding hydrogens is 346 g/mol. The van der Waals surface area contributed by atoms with Gasteiger partial charge in [0.1, 0.15) is 11.5 Å². The summed E-state index contributed by atoms with van der Waals surface area (Å²) in [5.41, 5.74) is 6.14. The van der Waals surface area contributed by atoms with Gasteiger partial charge in [0.25, 0.3) is 0 Å². The number of hydrogen-bond donors (Lipinski definition) is 1. The normalized spacial score (nSPS) is 21.4. The van der Waals surface area contributed by atoms with Crippen molar-refractivity contribution in [3.8, 4) is 22.6 Å². The van der Waals surface area contributed by atoms with Crippen LogP contribution in [-0.4, -0.2) is 13.7 Å². The standard InChI is InChI=1S/C25H25NO2/c1-25(2)18-14-17(16-8-5-4-6-9-16)12-13-20(18)26-24-19(25)15-28-22-11-7-10-21(27-3)23(22)24/h4-14,19,24,26H,15H2,1-3H3/t19-,24+/m1/s1. The summed E-state index contributed by atoms with van der Waals surface area (Å²) in [5, 5.41) is 3.80. The lowest BCUT2D eigenvalue weighted by Gasteiger charge is -2.48. The molecule has 0 aliphatic carbocycles. The molecule has 3 aromatic carbocycles. The third-order valence-corrected chi connectivity index (χ3v) is 6.44. The zero-order valence-corrected chi connectivity index (χ0v) is 16.5. The van der Waals surface area contributed by atoms with Gasteiger partial charge in [-0.15, -0.1) is 0 Å². The minimum Gasteiger partial charge on any atom is -0.496 e. The molecule has 2 aliphatic rings. The maximum absolute atomic E-state index is 6.18. The van der Waals surface area contributed by atoms with E-state index in [4.69, 9.17) is 9.47 Å². The van der Waals surface area contributed by atoms with E-state index in [1.54, 1.807) is 7.11 Å². The molecule has 1 N–H and O–H groups in total. The summed E-state index contributed by atoms with van der Waals surface area (Å²) in [6.45, 7) is 5.37. The Labute approximate surface area is 166 Å². The molecule has 3 heteroatoms. The topological polar surface area (TPSA) is 30.5 Å². The van der Waals surface area contributed by atoms with Gasteiger partial charge in [-0.2, -0.15) is 0 Å². The molecule has 2 heterocycles. The van der Waals surface area contributed by atoms with Crippen LogP contribution in [0.1, 0.15) is 31.0 Å². The first-order chi connectivity index (χ1) is 13.6. The summed E-state index contributed by atoms with van der Waals surface area (Å²) in [5.74, 6) is 2.13. The molecule has 0 fully saturated rings. The van der Waals surface area contributed by atoms with Crippen LogP contribution < -0.4 is 14.8 Å². The lowest BCUT2D eigenvalue weighted by atomic mass is 9.65. The average molecular weight is 371 g/mol. The van der Waals surface area contributed by atoms with Gasteiger partial charge in [0, 0.05) is 17.0 Å². The molecule has 0 aromatic heterocycles. The number of benzene rings is 3. The fourth-order valence-electron chi connectivity index (χ4n) is 4.79. The van der Waals surface area contributed by atoms with E-state index >= 15 is 0 Å². The number of ether oxygens (including phenoxy) is 2. The Morgan fingerprint density at radius 1 is 0.964 bits per heavy atom. The number of fused-ring (bicyclic) bond motifs is 4. The number of nitrogens with one attached hydrogen (secondary N) is 1. The zero-order chi connectivity index (χ0) is 19.3. The van der Waals surface area contributed by atoms with Crippen molar-refractivity contribution in [3.63, 3.8) is 0 Å². The van der Waals surface area contributed by atoms with Gasteiger partial charge in [-0.25, -0.2) is 0 Å². The Hall–Kier alpha value is -2.94. The van der Waals surface area contributed by atoms with Crippen molar-refractivity contribution in [3.05, 3.63) is 77.9 Å². The second-order valence-corrected chi connectivity index (χ2v) is 8.26. The first kappa shape index (κ1) is 17.2. The van der Waals surface area contributed by atoms with Crippen LogP contribution in [0.15, 0.2) is 66.7 Å². The first-order valence-electron chi connectivity index (χ1n) is 9.86. The van der Waals surface area contributed by atoms with Gasteiger partial charge in [-0.05, 0) is 41.0 Å². The third kappa shape index (κ3) is 2.50. The fourth-order valence-corrected chi connectivity index (χ4v) is 4.79. The third-order valence-electron chi connectivity index (χ3n) is 6.44. The highest BCUT2D eigenvalue weighted by Gasteiger charge is 2.47. The molecule has 2 atom stereocenters. The Balaban J connectivity index is 1.63. The molecule has 0 radical (unpaired) electrons. The van der Waals surface area contributed by atoms with E-state index in [-0.39, 0.29) is 11.5 Å². The molecule has 3 aromatic rings. The quantitative estimate of drug-likeness (QED) is 0.616. The highest BCUT2D eigenvalue weighted by molar-refractivity contribution is 5.72. The van der Waals surface area contributed by atoms with Gasteiger partial charge in [0.05, 0.1) is 25.3 Å². The molecular formula is C25H25NO2. The highest BCUT2D eigenvalue weighted by atomic mass is 16.5. The maximum Gasteiger partial charge on any atom is 0.128 e. The van der Waals surface area contributed by atoms with Gasteiger partial charge in [-0.3, -0.25) is 0 Å². The van der Waals surface area contributed by atoms with Gasteiger partial charge < -0.3 is 14.8 Å². The lowest BCUT2D eigenvalue weighted by Crippen LogP contribution is -2.46. The predicted octanol–water partition coefficient (Wildman–Crippen LogP) is 5.82. The molecule has 0 unspecified atom stereocenters. The van der Waals surface area contributed by atoms with Crippen molar-refractivity contribution >= 4 is 5.69 Å². The van der Waals surface area contributed by atoms with Crippen LogP contribution in [0.25, 0.3) is 11.1 Å². The largest absolute Gasteiger partial charge is 0.496 e. The summed E-state index contributed by atoms with van der Waals surface area (Å²) in [4.78, 5) is 0. The minimum absolute atomic E-state index is 0.0332. The van der Waals surface area contributed by atoms with Gasteiger partial charge in [-0.1, -0.05) is 56.3 Å². The van der Waals surface area contributed by atoms with Crippen LogP contribution in [0.2, 0.25) is 0 Å². The van der Waals surface area contributed by atoms with E-state index < -0.39 is 0 Å². The molecule has 0 bridgehead atoms. The van der Waals surface area contributed by atoms with Gasteiger partial charge in [0.2, 0.25) is 0 Å². The molecule has 0 amide bonds. The average Bonchev–Trinajstić information content (AvgIpc) is 2.73. The smallest absolute Gasteiger partial charge is 0.128 e. The van der Waals surface area contributed by atoms with E-state index in [0.717, 1.165) is 17.1 Å². The summed E-state index contributed by atoms with van der Waals surface area (Å²) in [6, 6.07) is 23.6. The molecule has 0 saturated carbocycles. The van der Waals surface area contributed by atoms with Crippen LogP contribution in [-0.2, 0) is 5.41 Å². The molecule has 28 heavy (non-hydrogen) atoms. The van der Waals surface area contributed by atoms with E-state index in [0.29, 0.717) is 12.5 Å². The number of hydrogen-bond acceptors (Lipinski definition) is 3. The van der Waals surface area contributed by atoms with Crippen LogP contribution in [0.4, 0.5) is 5.69 Å². The van der Waals surface area contributed by atoms with Crippen molar-refractivity contribution in [1.82, 2.24) is 0 Å². The molecule has 0 saturated heterocycles. The fraction of sp³-hybridized carbons (Fsp3) is 0.280. The van der Waals surface area contributed by atoms with Crippen LogP contribution in [0, 0.1) is 5.92 Å². The summed E-state index contributed by atoms with van der Waals surface area (Å²) in [7, 11) is 1.73. The molecule has 5 rings (SSSR count). The van der Waals surface area contributed by atoms with E-state index in [2.05, 4.69) is 67.7 Å². The van der Waals surface area contributed by atoms with Crippen LogP contribution in [0.3, 0.4) is 0 Å². The highest BCUT2D eigenvalue weighted by Crippen LogP contribution is 2.54. The second kappa shape index (κ2) is 6.30. The van der Waals surface area contributed by atoms with Gasteiger partial charge in [0.15, 0.2) is 0 Å². The van der Waals surface area contributed by atoms with E-state index in [1.165, 1.54) is 22.4 Å². The molecule has 142 valence electrons. The maximum atomic E-state index is 6.18. The monoisotopic (exact) mass is 371 g/mol. The van der Waals surface area contributed by atoms with Crippen LogP contribution >= 0.6 is 0 Å². The number of rotatable bonds is 2. The Morgan fingerprint density at radius 2 is 1.79 bits per heavy atom. The van der Waals surface area contributed by atoms with Gasteiger partial charge >= 0.3 is 0 Å². The van der Waals surface area contributed by atoms with Crippen molar-refractivity contribution in [2.45, 2.75) is 25.3 Å². The lowest BCUT2D eigenvalue weighted by molar-refractivity contribution is 0.133. The summed E-state index contributed by atoms with van der Waals surface area (Å²) < 4.78 is 11.9. The van der Waals surface area contributed by atoms with Crippen molar-refractivity contribution in [2.24, 2.45) is 5.92 Å². The van der Waals surface area contributed by atoms with Crippen molar-refractivity contribution in [2.75, 3.05) is 19.0 Å². The molecule has 3 nitrogen and oxygen atoms in total. The first-order valence-corrected chi connectivity index (χ1v) is 9.86. The second-order valence-electron chi connectivity index (χ2n) is 8.26. The number of anilines is 1. The minimum atomic E-state index is -0.0332. The zero-order valence-electron chi connectivity index (χ0n) is 16.5. The van der Waals surface area contributed by atoms with E-state index in [9.17, 15) is 0 Å². The molecule has 0 spiro atoms. The Morgan fingerprint density at radius 3 is 2.57 bits per heavy atom. The Bertz CT molecular complexity index is 1010. The SMILES string of the molecule is COc1cccc2c1[C@H]1Nc3ccc(-c4ccccc4)cc3C(C)(C)[C@@H]1CO2. The summed E-state index contributed by atoms with van der Waals surface area (Å²) >= 11 is 0. The predicted molar refractivity (Wildman–Crippen MR) is 113 cm³/mol. The number of methoxy groups -OCH3 is 1. The van der Waals surface area contributed by atoms with Crippen LogP contribution in [0.5, 0.6) is 11.5 Å². The van der Waals surface area contributed by atoms with Crippen molar-refractivity contribution in [1.29, 1.82) is 0 Å². The summed E-state index contributed by atoms with van der Waals surface area (Å²) in [6.07, 6.45) is 0. The molecule has 2 aliphatic heterocycles. The van der Waals surface area contributed by atoms with E-state index in [1.807, 2.05) is 18.2 Å². The van der Waals surface area contributed by atoms with Crippen molar-refractivity contribution < 1.29 is 9.47 Å².